The molecule has 0 radical (unpaired) electrons. The highest BCUT2D eigenvalue weighted by atomic mass is 16.2. The molecule has 1 N–H and O–H groups in total. The summed E-state index contributed by atoms with van der Waals surface area (Å²) in [5.41, 5.74) is 2.37. The third-order valence-electron chi connectivity index (χ3n) is 6.96. The van der Waals surface area contributed by atoms with Crippen LogP contribution in [0.15, 0.2) is 115 Å². The summed E-state index contributed by atoms with van der Waals surface area (Å²) in [7, 11) is 0. The number of ketones is 1. The average Bonchev–Trinajstić information content (AvgIpc) is 3.24. The molecule has 0 aromatic heterocycles. The van der Waals surface area contributed by atoms with Gasteiger partial charge in [0.05, 0.1) is 0 Å². The van der Waals surface area contributed by atoms with Gasteiger partial charge in [0.1, 0.15) is 5.41 Å². The monoisotopic (exact) mass is 430 g/mol. The second-order valence-electron chi connectivity index (χ2n) is 8.62. The highest BCUT2D eigenvalue weighted by Crippen LogP contribution is 2.62. The van der Waals surface area contributed by atoms with Crippen LogP contribution in [0.25, 0.3) is 0 Å². The Bertz CT molecular complexity index is 1350. The summed E-state index contributed by atoms with van der Waals surface area (Å²) < 4.78 is 0. The topological polar surface area (TPSA) is 49.4 Å². The van der Waals surface area contributed by atoms with Gasteiger partial charge in [-0.3, -0.25) is 9.59 Å². The first kappa shape index (κ1) is 19.5. The number of hydrogen-bond acceptors (Lipinski definition) is 3. The average molecular weight is 431 g/mol. The molecule has 33 heavy (non-hydrogen) atoms. The number of Topliss-reactive ketones (excluding diaryl/α,β-unsaturated/α-hetero) is 1. The van der Waals surface area contributed by atoms with E-state index in [4.69, 9.17) is 0 Å². The van der Waals surface area contributed by atoms with Gasteiger partial charge in [0.2, 0.25) is 5.78 Å². The van der Waals surface area contributed by atoms with Crippen molar-refractivity contribution in [1.82, 2.24) is 5.32 Å². The van der Waals surface area contributed by atoms with Gasteiger partial charge in [-0.15, -0.1) is 0 Å². The maximum atomic E-state index is 14.0. The van der Waals surface area contributed by atoms with Crippen molar-refractivity contribution in [2.75, 3.05) is 4.90 Å². The molecule has 4 aromatic rings. The minimum Gasteiger partial charge on any atom is -0.321 e. The summed E-state index contributed by atoms with van der Waals surface area (Å²) >= 11 is 0. The van der Waals surface area contributed by atoms with Crippen molar-refractivity contribution in [3.63, 3.8) is 0 Å². The van der Waals surface area contributed by atoms with Crippen LogP contribution in [0, 0.1) is 0 Å². The standard InChI is InChI=1S/C29H22N2O2/c32-26-27(33)30-29(22-14-6-2-7-15-22)28(26,20-21-12-4-1-5-13-21)24-18-10-11-19-25(24)31(29)23-16-8-3-9-17-23/h1-19H,20H2,(H,30,33)/t28-,29-/m0/s1. The van der Waals surface area contributed by atoms with Gasteiger partial charge in [-0.05, 0) is 41.3 Å². The van der Waals surface area contributed by atoms with Crippen LogP contribution in [0.2, 0.25) is 0 Å². The predicted molar refractivity (Wildman–Crippen MR) is 128 cm³/mol. The number of amides is 1. The molecule has 1 amide bonds. The molecule has 4 aromatic carbocycles. The van der Waals surface area contributed by atoms with E-state index in [1.54, 1.807) is 0 Å². The number of fused-ring (bicyclic) bond motifs is 3. The highest BCUT2D eigenvalue weighted by Gasteiger charge is 2.73. The molecule has 1 fully saturated rings. The van der Waals surface area contributed by atoms with Crippen LogP contribution in [0.1, 0.15) is 16.7 Å². The minimum atomic E-state index is -1.13. The van der Waals surface area contributed by atoms with Crippen molar-refractivity contribution < 1.29 is 9.59 Å². The Morgan fingerprint density at radius 2 is 1.24 bits per heavy atom. The smallest absolute Gasteiger partial charge is 0.290 e. The normalized spacial score (nSPS) is 23.2. The number of hydrogen-bond donors (Lipinski definition) is 1. The fraction of sp³-hybridized carbons (Fsp3) is 0.103. The van der Waals surface area contributed by atoms with E-state index in [9.17, 15) is 9.59 Å². The zero-order chi connectivity index (χ0) is 22.5. The molecule has 4 nitrogen and oxygen atoms in total. The second kappa shape index (κ2) is 7.17. The molecule has 160 valence electrons. The van der Waals surface area contributed by atoms with Gasteiger partial charge in [0.15, 0.2) is 5.66 Å². The molecule has 0 unspecified atom stereocenters. The first-order valence-electron chi connectivity index (χ1n) is 11.1. The lowest BCUT2D eigenvalue weighted by molar-refractivity contribution is -0.137. The minimum absolute atomic E-state index is 0.402. The molecule has 4 heteroatoms. The number of benzene rings is 4. The van der Waals surface area contributed by atoms with Gasteiger partial charge in [0, 0.05) is 11.4 Å². The largest absolute Gasteiger partial charge is 0.321 e. The van der Waals surface area contributed by atoms with Gasteiger partial charge in [0.25, 0.3) is 5.91 Å². The fourth-order valence-corrected chi connectivity index (χ4v) is 5.70. The van der Waals surface area contributed by atoms with Crippen LogP contribution in [0.5, 0.6) is 0 Å². The maximum absolute atomic E-state index is 14.0. The Morgan fingerprint density at radius 3 is 1.94 bits per heavy atom. The highest BCUT2D eigenvalue weighted by molar-refractivity contribution is 6.43. The van der Waals surface area contributed by atoms with Crippen LogP contribution in [-0.2, 0) is 27.1 Å². The number of carbonyl (C=O) groups is 2. The number of rotatable bonds is 4. The first-order valence-corrected chi connectivity index (χ1v) is 11.1. The van der Waals surface area contributed by atoms with Gasteiger partial charge in [-0.1, -0.05) is 97.1 Å². The van der Waals surface area contributed by atoms with E-state index in [0.29, 0.717) is 6.42 Å². The molecular weight excluding hydrogens is 408 g/mol. The number of nitrogens with zero attached hydrogens (tertiary/aromatic N) is 1. The van der Waals surface area contributed by atoms with Crippen molar-refractivity contribution in [2.45, 2.75) is 17.5 Å². The van der Waals surface area contributed by atoms with Crippen molar-refractivity contribution in [1.29, 1.82) is 0 Å². The summed E-state index contributed by atoms with van der Waals surface area (Å²) in [6.07, 6.45) is 0.403. The van der Waals surface area contributed by atoms with Gasteiger partial charge < -0.3 is 10.2 Å². The number of para-hydroxylation sites is 2. The molecule has 2 atom stereocenters. The van der Waals surface area contributed by atoms with E-state index in [1.807, 2.05) is 115 Å². The fourth-order valence-electron chi connectivity index (χ4n) is 5.70. The lowest BCUT2D eigenvalue weighted by Gasteiger charge is -2.45. The van der Waals surface area contributed by atoms with Gasteiger partial charge in [-0.2, -0.15) is 0 Å². The Kier molecular flexibility index (Phi) is 4.24. The van der Waals surface area contributed by atoms with E-state index >= 15 is 0 Å². The number of carbonyl (C=O) groups excluding carboxylic acids is 2. The zero-order valence-corrected chi connectivity index (χ0v) is 17.9. The summed E-state index contributed by atoms with van der Waals surface area (Å²) in [5.74, 6) is -0.952. The van der Waals surface area contributed by atoms with E-state index in [-0.39, 0.29) is 0 Å². The zero-order valence-electron chi connectivity index (χ0n) is 17.9. The van der Waals surface area contributed by atoms with Crippen LogP contribution >= 0.6 is 0 Å². The molecule has 2 aliphatic heterocycles. The van der Waals surface area contributed by atoms with Crippen LogP contribution in [0.3, 0.4) is 0 Å². The van der Waals surface area contributed by atoms with Gasteiger partial charge >= 0.3 is 0 Å². The first-order chi connectivity index (χ1) is 16.2. The number of anilines is 2. The summed E-state index contributed by atoms with van der Waals surface area (Å²) in [6.45, 7) is 0. The van der Waals surface area contributed by atoms with Gasteiger partial charge in [-0.25, -0.2) is 0 Å². The lowest BCUT2D eigenvalue weighted by Crippen LogP contribution is -2.59. The summed E-state index contributed by atoms with van der Waals surface area (Å²) in [5, 5.41) is 3.19. The maximum Gasteiger partial charge on any atom is 0.290 e. The van der Waals surface area contributed by atoms with Crippen molar-refractivity contribution in [3.05, 3.63) is 132 Å². The SMILES string of the molecule is O=C1N[C@@]2(c3ccccc3)N(c3ccccc3)c3ccccc3[C@@]2(Cc2ccccc2)C1=O. The molecule has 0 spiro atoms. The molecule has 2 aliphatic rings. The Morgan fingerprint density at radius 1 is 0.667 bits per heavy atom. The summed E-state index contributed by atoms with van der Waals surface area (Å²) in [6, 6.07) is 37.8. The van der Waals surface area contributed by atoms with Crippen molar-refractivity contribution in [2.24, 2.45) is 0 Å². The molecule has 2 heterocycles. The Labute approximate surface area is 192 Å². The van der Waals surface area contributed by atoms with Crippen molar-refractivity contribution in [3.8, 4) is 0 Å². The van der Waals surface area contributed by atoms with E-state index in [2.05, 4.69) is 10.2 Å². The van der Waals surface area contributed by atoms with E-state index < -0.39 is 22.8 Å². The molecule has 1 saturated heterocycles. The van der Waals surface area contributed by atoms with Crippen molar-refractivity contribution >= 4 is 23.1 Å². The molecule has 0 saturated carbocycles. The molecule has 0 bridgehead atoms. The summed E-state index contributed by atoms with van der Waals surface area (Å²) in [4.78, 5) is 29.4. The van der Waals surface area contributed by atoms with Crippen LogP contribution < -0.4 is 10.2 Å². The quantitative estimate of drug-likeness (QED) is 0.470. The predicted octanol–water partition coefficient (Wildman–Crippen LogP) is 4.87. The third-order valence-corrected chi connectivity index (χ3v) is 6.96. The molecule has 6 rings (SSSR count). The Hall–Kier alpha value is -4.18. The third kappa shape index (κ3) is 2.52. The van der Waals surface area contributed by atoms with Crippen LogP contribution in [0.4, 0.5) is 11.4 Å². The van der Waals surface area contributed by atoms with E-state index in [1.165, 1.54) is 0 Å². The van der Waals surface area contributed by atoms with E-state index in [0.717, 1.165) is 28.1 Å². The second-order valence-corrected chi connectivity index (χ2v) is 8.62. The lowest BCUT2D eigenvalue weighted by atomic mass is 9.65. The number of nitrogens with one attached hydrogen (secondary N) is 1. The van der Waals surface area contributed by atoms with Crippen LogP contribution in [-0.4, -0.2) is 11.7 Å². The molecule has 0 aliphatic carbocycles. The molecular formula is C29H22N2O2. The Balaban J connectivity index is 1.74.